The first-order valence-electron chi connectivity index (χ1n) is 11.2. The van der Waals surface area contributed by atoms with E-state index in [2.05, 4.69) is 21.7 Å². The number of carbonyl (C=O) groups is 1. The van der Waals surface area contributed by atoms with Gasteiger partial charge in [-0.15, -0.1) is 10.2 Å². The molecule has 0 aliphatic carbocycles. The first-order chi connectivity index (χ1) is 16.5. The summed E-state index contributed by atoms with van der Waals surface area (Å²) >= 11 is 1.44. The minimum Gasteiger partial charge on any atom is -0.497 e. The molecular formula is C25H31N3O5S. The number of hydrogen-bond donors (Lipinski definition) is 1. The highest BCUT2D eigenvalue weighted by Crippen LogP contribution is 2.29. The lowest BCUT2D eigenvalue weighted by atomic mass is 10.1. The number of hydrogen-bond acceptors (Lipinski definition) is 8. The van der Waals surface area contributed by atoms with Crippen molar-refractivity contribution in [2.45, 2.75) is 44.5 Å². The zero-order valence-electron chi connectivity index (χ0n) is 20.0. The number of aliphatic hydroxyl groups is 1. The molecule has 182 valence electrons. The van der Waals surface area contributed by atoms with Crippen molar-refractivity contribution in [2.75, 3.05) is 26.6 Å². The van der Waals surface area contributed by atoms with E-state index in [1.165, 1.54) is 25.8 Å². The van der Waals surface area contributed by atoms with Crippen molar-refractivity contribution in [2.24, 2.45) is 0 Å². The van der Waals surface area contributed by atoms with Crippen molar-refractivity contribution in [1.82, 2.24) is 14.8 Å². The number of aliphatic hydroxyl groups excluding tert-OH is 1. The number of rotatable bonds is 13. The fourth-order valence-electron chi connectivity index (χ4n) is 3.28. The molecule has 1 N–H and O–H groups in total. The molecule has 0 fully saturated rings. The van der Waals surface area contributed by atoms with Crippen molar-refractivity contribution < 1.29 is 24.1 Å². The Balaban J connectivity index is 1.65. The largest absolute Gasteiger partial charge is 0.497 e. The molecule has 0 amide bonds. The van der Waals surface area contributed by atoms with E-state index in [1.54, 1.807) is 25.3 Å². The highest BCUT2D eigenvalue weighted by Gasteiger charge is 2.17. The molecule has 0 aliphatic rings. The first kappa shape index (κ1) is 25.6. The van der Waals surface area contributed by atoms with Gasteiger partial charge in [0.25, 0.3) is 0 Å². The normalized spacial score (nSPS) is 11.8. The Hall–Kier alpha value is -3.04. The summed E-state index contributed by atoms with van der Waals surface area (Å²) in [5.74, 6) is 2.84. The highest BCUT2D eigenvalue weighted by molar-refractivity contribution is 7.99. The third-order valence-corrected chi connectivity index (χ3v) is 6.32. The van der Waals surface area contributed by atoms with Gasteiger partial charge in [0.1, 0.15) is 12.4 Å². The second-order valence-corrected chi connectivity index (χ2v) is 8.72. The van der Waals surface area contributed by atoms with Crippen molar-refractivity contribution in [3.05, 3.63) is 48.0 Å². The molecule has 3 aromatic rings. The van der Waals surface area contributed by atoms with Gasteiger partial charge < -0.3 is 23.9 Å². The summed E-state index contributed by atoms with van der Waals surface area (Å²) in [6.07, 6.45) is 1.31. The molecule has 3 rings (SSSR count). The average molecular weight is 486 g/mol. The summed E-state index contributed by atoms with van der Waals surface area (Å²) in [6.45, 7) is 4.51. The predicted octanol–water partition coefficient (Wildman–Crippen LogP) is 4.50. The van der Waals surface area contributed by atoms with Crippen molar-refractivity contribution in [3.8, 4) is 28.6 Å². The number of unbranched alkanes of at least 4 members (excludes halogenated alkanes) is 1. The van der Waals surface area contributed by atoms with E-state index in [4.69, 9.17) is 14.2 Å². The fourth-order valence-corrected chi connectivity index (χ4v) is 4.15. The number of aromatic nitrogens is 3. The predicted molar refractivity (Wildman–Crippen MR) is 132 cm³/mol. The molecule has 1 atom stereocenters. The van der Waals surface area contributed by atoms with Crippen LogP contribution in [0.4, 0.5) is 0 Å². The molecule has 2 aromatic carbocycles. The fraction of sp³-hybridized carbons (Fsp3) is 0.400. The van der Waals surface area contributed by atoms with Gasteiger partial charge in [-0.3, -0.25) is 4.79 Å². The van der Waals surface area contributed by atoms with Gasteiger partial charge in [0, 0.05) is 23.4 Å². The molecule has 0 aliphatic heterocycles. The van der Waals surface area contributed by atoms with E-state index in [-0.39, 0.29) is 12.4 Å². The van der Waals surface area contributed by atoms with Crippen molar-refractivity contribution in [3.63, 3.8) is 0 Å². The van der Waals surface area contributed by atoms with Crippen molar-refractivity contribution in [1.29, 1.82) is 0 Å². The van der Waals surface area contributed by atoms with Crippen LogP contribution in [0.1, 0.15) is 37.0 Å². The number of benzene rings is 2. The van der Waals surface area contributed by atoms with Crippen molar-refractivity contribution >= 4 is 17.5 Å². The minimum absolute atomic E-state index is 0.0533. The summed E-state index contributed by atoms with van der Waals surface area (Å²) < 4.78 is 18.4. The van der Waals surface area contributed by atoms with E-state index in [1.807, 2.05) is 24.3 Å². The molecule has 8 nitrogen and oxygen atoms in total. The Morgan fingerprint density at radius 1 is 1.09 bits per heavy atom. The van der Waals surface area contributed by atoms with E-state index < -0.39 is 6.10 Å². The number of Topliss-reactive ketones (excluding diaryl/α,β-unsaturated/α-hetero) is 1. The summed E-state index contributed by atoms with van der Waals surface area (Å²) in [4.78, 5) is 11.6. The third kappa shape index (κ3) is 6.51. The van der Waals surface area contributed by atoms with Gasteiger partial charge in [0.2, 0.25) is 0 Å². The number of methoxy groups -OCH3 is 2. The molecule has 0 radical (unpaired) electrons. The summed E-state index contributed by atoms with van der Waals surface area (Å²) in [6, 6.07) is 12.7. The molecule has 34 heavy (non-hydrogen) atoms. The van der Waals surface area contributed by atoms with Crippen LogP contribution in [0.5, 0.6) is 17.2 Å². The lowest BCUT2D eigenvalue weighted by Crippen LogP contribution is -2.20. The summed E-state index contributed by atoms with van der Waals surface area (Å²) in [7, 11) is 3.15. The minimum atomic E-state index is -0.733. The van der Waals surface area contributed by atoms with Crippen LogP contribution < -0.4 is 14.2 Å². The highest BCUT2D eigenvalue weighted by atomic mass is 32.2. The molecular weight excluding hydrogens is 454 g/mol. The average Bonchev–Trinajstić information content (AvgIpc) is 3.27. The Bertz CT molecular complexity index is 1080. The van der Waals surface area contributed by atoms with E-state index >= 15 is 0 Å². The van der Waals surface area contributed by atoms with E-state index in [9.17, 15) is 9.90 Å². The van der Waals surface area contributed by atoms with Crippen LogP contribution in [0.3, 0.4) is 0 Å². The smallest absolute Gasteiger partial charge is 0.191 e. The maximum atomic E-state index is 11.6. The molecule has 1 heterocycles. The van der Waals surface area contributed by atoms with E-state index in [0.29, 0.717) is 22.8 Å². The van der Waals surface area contributed by atoms with Gasteiger partial charge in [-0.1, -0.05) is 25.1 Å². The Labute approximate surface area is 204 Å². The molecule has 0 saturated heterocycles. The Morgan fingerprint density at radius 2 is 1.85 bits per heavy atom. The maximum Gasteiger partial charge on any atom is 0.191 e. The zero-order chi connectivity index (χ0) is 24.5. The molecule has 0 bridgehead atoms. The lowest BCUT2D eigenvalue weighted by Gasteiger charge is -2.15. The second kappa shape index (κ2) is 12.4. The second-order valence-electron chi connectivity index (χ2n) is 7.74. The van der Waals surface area contributed by atoms with Gasteiger partial charge >= 0.3 is 0 Å². The quantitative estimate of drug-likeness (QED) is 0.279. The van der Waals surface area contributed by atoms with E-state index in [0.717, 1.165) is 41.7 Å². The van der Waals surface area contributed by atoms with Gasteiger partial charge in [-0.05, 0) is 55.8 Å². The van der Waals surface area contributed by atoms with Crippen LogP contribution >= 0.6 is 11.8 Å². The molecule has 1 aromatic heterocycles. The summed E-state index contributed by atoms with van der Waals surface area (Å²) in [5, 5.41) is 20.0. The third-order valence-electron chi connectivity index (χ3n) is 5.21. The van der Waals surface area contributed by atoms with Gasteiger partial charge in [0.05, 0.1) is 20.3 Å². The van der Waals surface area contributed by atoms with Crippen LogP contribution in [0.25, 0.3) is 11.4 Å². The number of ketones is 1. The zero-order valence-corrected chi connectivity index (χ0v) is 20.8. The SMILES string of the molecule is CCCCn1c(SCC(O)COc2ccc(C(C)=O)cc2OC)nnc1-c1ccc(OC)cc1. The molecule has 0 saturated carbocycles. The van der Waals surface area contributed by atoms with Gasteiger partial charge in [-0.25, -0.2) is 0 Å². The standard InChI is InChI=1S/C25H31N3O5S/c1-5-6-13-28-24(18-7-10-21(31-3)11-8-18)26-27-25(28)34-16-20(30)15-33-22-12-9-19(17(2)29)14-23(22)32-4/h7-12,14,20,30H,5-6,13,15-16H2,1-4H3. The van der Waals surface area contributed by atoms with Crippen LogP contribution in [0.15, 0.2) is 47.6 Å². The van der Waals surface area contributed by atoms with Crippen LogP contribution in [0, 0.1) is 0 Å². The Morgan fingerprint density at radius 3 is 2.50 bits per heavy atom. The van der Waals surface area contributed by atoms with Gasteiger partial charge in [0.15, 0.2) is 28.3 Å². The molecule has 9 heteroatoms. The van der Waals surface area contributed by atoms with Gasteiger partial charge in [-0.2, -0.15) is 0 Å². The molecule has 1 unspecified atom stereocenters. The van der Waals surface area contributed by atoms with Crippen LogP contribution in [0.2, 0.25) is 0 Å². The first-order valence-corrected chi connectivity index (χ1v) is 12.2. The lowest BCUT2D eigenvalue weighted by molar-refractivity contribution is 0.101. The summed E-state index contributed by atoms with van der Waals surface area (Å²) in [5.41, 5.74) is 1.50. The Kier molecular flexibility index (Phi) is 9.35. The number of carbonyl (C=O) groups excluding carboxylic acids is 1. The van der Waals surface area contributed by atoms with Crippen LogP contribution in [-0.2, 0) is 6.54 Å². The number of ether oxygens (including phenoxy) is 3. The molecule has 0 spiro atoms. The topological polar surface area (TPSA) is 95.7 Å². The number of nitrogens with zero attached hydrogens (tertiary/aromatic N) is 3. The maximum absolute atomic E-state index is 11.6. The van der Waals surface area contributed by atoms with Crippen LogP contribution in [-0.4, -0.2) is 58.3 Å². The monoisotopic (exact) mass is 485 g/mol. The number of thioether (sulfide) groups is 1.